The van der Waals surface area contributed by atoms with Gasteiger partial charge in [0.1, 0.15) is 17.5 Å². The normalized spacial score (nSPS) is 19.8. The number of hydrogen-bond donors (Lipinski definition) is 3. The van der Waals surface area contributed by atoms with E-state index in [1.807, 2.05) is 6.92 Å². The van der Waals surface area contributed by atoms with E-state index >= 15 is 0 Å². The summed E-state index contributed by atoms with van der Waals surface area (Å²) in [6.45, 7) is 13.3. The fraction of sp³-hybridized carbons (Fsp3) is 0.733. The number of nitrogens with one attached hydrogen (secondary N) is 2. The van der Waals surface area contributed by atoms with Crippen molar-refractivity contribution in [1.29, 1.82) is 0 Å². The summed E-state index contributed by atoms with van der Waals surface area (Å²) in [4.78, 5) is 9.12. The quantitative estimate of drug-likeness (QED) is 0.570. The summed E-state index contributed by atoms with van der Waals surface area (Å²) in [6, 6.07) is 0.420. The molecule has 0 amide bonds. The SMILES string of the molecule is CCCc1nc(NN)c(C)c(NC2C(C)(C)C2(C)C)n1. The fourth-order valence-electron chi connectivity index (χ4n) is 2.87. The van der Waals surface area contributed by atoms with E-state index in [-0.39, 0.29) is 10.8 Å². The molecule has 5 nitrogen and oxygen atoms in total. The number of nitrogen functional groups attached to an aromatic ring is 1. The van der Waals surface area contributed by atoms with Gasteiger partial charge in [0.2, 0.25) is 0 Å². The minimum atomic E-state index is 0.269. The van der Waals surface area contributed by atoms with Crippen LogP contribution in [-0.2, 0) is 6.42 Å². The minimum Gasteiger partial charge on any atom is -0.366 e. The lowest BCUT2D eigenvalue weighted by Gasteiger charge is -2.14. The van der Waals surface area contributed by atoms with Crippen LogP contribution in [0, 0.1) is 17.8 Å². The van der Waals surface area contributed by atoms with Crippen LogP contribution in [0.25, 0.3) is 0 Å². The van der Waals surface area contributed by atoms with E-state index in [0.717, 1.165) is 30.0 Å². The van der Waals surface area contributed by atoms with E-state index in [2.05, 4.69) is 55.3 Å². The van der Waals surface area contributed by atoms with Crippen molar-refractivity contribution in [2.75, 3.05) is 10.7 Å². The first-order chi connectivity index (χ1) is 9.25. The third-order valence-corrected chi connectivity index (χ3v) is 5.10. The molecule has 0 aromatic carbocycles. The zero-order valence-electron chi connectivity index (χ0n) is 13.5. The number of nitrogens with zero attached hydrogens (tertiary/aromatic N) is 2. The van der Waals surface area contributed by atoms with Crippen molar-refractivity contribution >= 4 is 11.6 Å². The smallest absolute Gasteiger partial charge is 0.148 e. The Morgan fingerprint density at radius 2 is 1.65 bits per heavy atom. The number of hydrazine groups is 1. The van der Waals surface area contributed by atoms with Crippen molar-refractivity contribution in [3.63, 3.8) is 0 Å². The molecule has 2 rings (SSSR count). The van der Waals surface area contributed by atoms with E-state index in [1.54, 1.807) is 0 Å². The van der Waals surface area contributed by atoms with Gasteiger partial charge in [-0.15, -0.1) is 0 Å². The number of rotatable bonds is 5. The predicted octanol–water partition coefficient (Wildman–Crippen LogP) is 2.87. The molecule has 0 aliphatic heterocycles. The highest BCUT2D eigenvalue weighted by atomic mass is 15.3. The molecular weight excluding hydrogens is 250 g/mol. The average Bonchev–Trinajstić information content (AvgIpc) is 2.75. The summed E-state index contributed by atoms with van der Waals surface area (Å²) < 4.78 is 0. The summed E-state index contributed by atoms with van der Waals surface area (Å²) in [5, 5.41) is 3.59. The van der Waals surface area contributed by atoms with Crippen molar-refractivity contribution < 1.29 is 0 Å². The maximum absolute atomic E-state index is 5.57. The van der Waals surface area contributed by atoms with E-state index in [9.17, 15) is 0 Å². The Hall–Kier alpha value is -1.36. The third kappa shape index (κ3) is 2.24. The van der Waals surface area contributed by atoms with E-state index in [4.69, 9.17) is 5.84 Å². The topological polar surface area (TPSA) is 75.9 Å². The molecular formula is C15H27N5. The summed E-state index contributed by atoms with van der Waals surface area (Å²) in [7, 11) is 0. The van der Waals surface area contributed by atoms with Crippen molar-refractivity contribution in [2.24, 2.45) is 16.7 Å². The average molecular weight is 277 g/mol. The second-order valence-corrected chi connectivity index (χ2v) is 6.88. The molecule has 0 saturated heterocycles. The second kappa shape index (κ2) is 4.88. The molecule has 112 valence electrons. The fourth-order valence-corrected chi connectivity index (χ4v) is 2.87. The largest absolute Gasteiger partial charge is 0.366 e. The zero-order valence-corrected chi connectivity index (χ0v) is 13.5. The lowest BCUT2D eigenvalue weighted by atomic mass is 10.0. The molecule has 1 saturated carbocycles. The summed E-state index contributed by atoms with van der Waals surface area (Å²) in [5.41, 5.74) is 4.20. The van der Waals surface area contributed by atoms with Crippen LogP contribution in [0.15, 0.2) is 0 Å². The van der Waals surface area contributed by atoms with Gasteiger partial charge in [0, 0.05) is 18.0 Å². The Labute approximate surface area is 121 Å². The molecule has 1 aromatic heterocycles. The van der Waals surface area contributed by atoms with Crippen molar-refractivity contribution in [3.05, 3.63) is 11.4 Å². The Bertz CT molecular complexity index is 493. The first-order valence-electron chi connectivity index (χ1n) is 7.36. The summed E-state index contributed by atoms with van der Waals surface area (Å²) in [5.74, 6) is 8.02. The summed E-state index contributed by atoms with van der Waals surface area (Å²) in [6.07, 6.45) is 1.88. The second-order valence-electron chi connectivity index (χ2n) is 6.88. The Kier molecular flexibility index (Phi) is 3.67. The van der Waals surface area contributed by atoms with Crippen LogP contribution >= 0.6 is 0 Å². The third-order valence-electron chi connectivity index (χ3n) is 5.10. The standard InChI is InChI=1S/C15H27N5/c1-7-8-10-17-11(9(2)12(18-10)20-16)19-13-14(3,4)15(13,5)6/h13H,7-8,16H2,1-6H3,(H2,17,18,19,20). The van der Waals surface area contributed by atoms with Crippen molar-refractivity contribution in [3.8, 4) is 0 Å². The van der Waals surface area contributed by atoms with Crippen LogP contribution in [0.4, 0.5) is 11.6 Å². The van der Waals surface area contributed by atoms with Gasteiger partial charge in [0.15, 0.2) is 0 Å². The Morgan fingerprint density at radius 3 is 2.10 bits per heavy atom. The van der Waals surface area contributed by atoms with Gasteiger partial charge in [-0.25, -0.2) is 15.8 Å². The molecule has 20 heavy (non-hydrogen) atoms. The van der Waals surface area contributed by atoms with E-state index < -0.39 is 0 Å². The number of anilines is 2. The van der Waals surface area contributed by atoms with Crippen molar-refractivity contribution in [2.45, 2.75) is 60.4 Å². The molecule has 1 aliphatic carbocycles. The number of nitrogens with two attached hydrogens (primary N) is 1. The number of aromatic nitrogens is 2. The first-order valence-corrected chi connectivity index (χ1v) is 7.36. The monoisotopic (exact) mass is 277 g/mol. The predicted molar refractivity (Wildman–Crippen MR) is 83.5 cm³/mol. The molecule has 1 aromatic rings. The molecule has 0 radical (unpaired) electrons. The van der Waals surface area contributed by atoms with Crippen LogP contribution < -0.4 is 16.6 Å². The Morgan fingerprint density at radius 1 is 1.10 bits per heavy atom. The maximum atomic E-state index is 5.57. The van der Waals surface area contributed by atoms with Crippen LogP contribution in [0.5, 0.6) is 0 Å². The van der Waals surface area contributed by atoms with Gasteiger partial charge < -0.3 is 10.7 Å². The molecule has 0 unspecified atom stereocenters. The molecule has 0 spiro atoms. The highest BCUT2D eigenvalue weighted by Gasteiger charge is 2.65. The Balaban J connectivity index is 2.30. The van der Waals surface area contributed by atoms with E-state index in [1.165, 1.54) is 0 Å². The van der Waals surface area contributed by atoms with Gasteiger partial charge in [-0.2, -0.15) is 0 Å². The highest BCUT2D eigenvalue weighted by molar-refractivity contribution is 5.58. The lowest BCUT2D eigenvalue weighted by Crippen LogP contribution is -2.17. The molecule has 5 heteroatoms. The van der Waals surface area contributed by atoms with Crippen LogP contribution in [0.1, 0.15) is 52.4 Å². The lowest BCUT2D eigenvalue weighted by molar-refractivity contribution is 0.457. The molecule has 1 fully saturated rings. The van der Waals surface area contributed by atoms with Crippen LogP contribution in [-0.4, -0.2) is 16.0 Å². The van der Waals surface area contributed by atoms with Gasteiger partial charge in [-0.1, -0.05) is 34.6 Å². The van der Waals surface area contributed by atoms with Gasteiger partial charge in [0.05, 0.1) is 0 Å². The maximum Gasteiger partial charge on any atom is 0.148 e. The molecule has 0 bridgehead atoms. The van der Waals surface area contributed by atoms with Crippen molar-refractivity contribution in [1.82, 2.24) is 9.97 Å². The minimum absolute atomic E-state index is 0.269. The van der Waals surface area contributed by atoms with Crippen LogP contribution in [0.3, 0.4) is 0 Å². The van der Waals surface area contributed by atoms with Crippen LogP contribution in [0.2, 0.25) is 0 Å². The van der Waals surface area contributed by atoms with Gasteiger partial charge in [-0.3, -0.25) is 0 Å². The van der Waals surface area contributed by atoms with Gasteiger partial charge in [0.25, 0.3) is 0 Å². The van der Waals surface area contributed by atoms with E-state index in [0.29, 0.717) is 11.9 Å². The zero-order chi connectivity index (χ0) is 15.1. The number of aryl methyl sites for hydroxylation is 1. The molecule has 0 atom stereocenters. The highest BCUT2D eigenvalue weighted by Crippen LogP contribution is 2.63. The van der Waals surface area contributed by atoms with Gasteiger partial charge >= 0.3 is 0 Å². The number of hydrogen-bond acceptors (Lipinski definition) is 5. The molecule has 1 heterocycles. The molecule has 1 aliphatic rings. The molecule has 4 N–H and O–H groups in total. The van der Waals surface area contributed by atoms with Gasteiger partial charge in [-0.05, 0) is 24.2 Å². The summed E-state index contributed by atoms with van der Waals surface area (Å²) >= 11 is 0. The first kappa shape index (κ1) is 15.0.